The third kappa shape index (κ3) is 3.66. The van der Waals surface area contributed by atoms with Gasteiger partial charge in [-0.25, -0.2) is 0 Å². The summed E-state index contributed by atoms with van der Waals surface area (Å²) in [5.74, 6) is 1.20. The largest absolute Gasteiger partial charge is 0.497 e. The average Bonchev–Trinajstić information content (AvgIpc) is 3.08. The molecule has 7 heteroatoms. The zero-order valence-corrected chi connectivity index (χ0v) is 15.7. The maximum atomic E-state index is 13.0. The van der Waals surface area contributed by atoms with Crippen molar-refractivity contribution in [3.63, 3.8) is 0 Å². The number of nitrogens with one attached hydrogen (secondary N) is 1. The van der Waals surface area contributed by atoms with Gasteiger partial charge in [-0.15, -0.1) is 0 Å². The summed E-state index contributed by atoms with van der Waals surface area (Å²) in [7, 11) is 1.60. The monoisotopic (exact) mass is 381 g/mol. The van der Waals surface area contributed by atoms with Crippen LogP contribution >= 0.6 is 0 Å². The number of amides is 1. The van der Waals surface area contributed by atoms with Crippen molar-refractivity contribution in [2.24, 2.45) is 0 Å². The van der Waals surface area contributed by atoms with Gasteiger partial charge in [-0.05, 0) is 24.6 Å². The summed E-state index contributed by atoms with van der Waals surface area (Å²) in [5, 5.41) is 18.4. The number of H-pyrrole nitrogens is 1. The van der Waals surface area contributed by atoms with E-state index in [2.05, 4.69) is 10.2 Å². The summed E-state index contributed by atoms with van der Waals surface area (Å²) in [6.45, 7) is 0.949. The van der Waals surface area contributed by atoms with Crippen LogP contribution in [0.5, 0.6) is 11.5 Å². The zero-order valence-electron chi connectivity index (χ0n) is 15.7. The van der Waals surface area contributed by atoms with E-state index in [9.17, 15) is 9.90 Å². The Morgan fingerprint density at radius 3 is 2.79 bits per heavy atom. The standard InChI is InChI=1S/C21H23N3O4/c1-27-14-5-4-6-15(13-14)28-19-10-12-24(11-9-18(19)25)21(26)20-16-7-2-3-8-17(16)22-23-20/h2-8,13,18-19,25H,9-12H2,1H3,(H,22,23)/t18-,19-/m0/s1. The van der Waals surface area contributed by atoms with E-state index in [0.717, 1.165) is 10.9 Å². The van der Waals surface area contributed by atoms with Crippen molar-refractivity contribution in [3.05, 3.63) is 54.2 Å². The number of nitrogens with zero attached hydrogens (tertiary/aromatic N) is 2. The molecule has 1 aromatic heterocycles. The van der Waals surface area contributed by atoms with E-state index < -0.39 is 6.10 Å². The minimum absolute atomic E-state index is 0.133. The van der Waals surface area contributed by atoms with E-state index in [1.807, 2.05) is 42.5 Å². The number of likely N-dealkylation sites (tertiary alicyclic amines) is 1. The summed E-state index contributed by atoms with van der Waals surface area (Å²) >= 11 is 0. The van der Waals surface area contributed by atoms with Crippen molar-refractivity contribution in [3.8, 4) is 11.5 Å². The molecule has 1 amide bonds. The molecule has 2 atom stereocenters. The lowest BCUT2D eigenvalue weighted by atomic mass is 10.1. The van der Waals surface area contributed by atoms with E-state index in [1.165, 1.54) is 0 Å². The first-order valence-corrected chi connectivity index (χ1v) is 9.37. The highest BCUT2D eigenvalue weighted by atomic mass is 16.5. The molecule has 2 heterocycles. The smallest absolute Gasteiger partial charge is 0.274 e. The second-order valence-corrected chi connectivity index (χ2v) is 6.89. The van der Waals surface area contributed by atoms with Gasteiger partial charge >= 0.3 is 0 Å². The van der Waals surface area contributed by atoms with E-state index in [0.29, 0.717) is 43.1 Å². The number of para-hydroxylation sites is 1. The molecule has 1 aliphatic heterocycles. The number of carbonyl (C=O) groups excluding carboxylic acids is 1. The summed E-state index contributed by atoms with van der Waals surface area (Å²) < 4.78 is 11.2. The molecule has 3 aromatic rings. The minimum atomic E-state index is -0.653. The van der Waals surface area contributed by atoms with Gasteiger partial charge in [0.25, 0.3) is 5.91 Å². The fraction of sp³-hybridized carbons (Fsp3) is 0.333. The number of benzene rings is 2. The number of rotatable bonds is 4. The van der Waals surface area contributed by atoms with Crippen LogP contribution in [0, 0.1) is 0 Å². The van der Waals surface area contributed by atoms with E-state index >= 15 is 0 Å². The summed E-state index contributed by atoms with van der Waals surface area (Å²) in [6, 6.07) is 14.9. The fourth-order valence-electron chi connectivity index (χ4n) is 3.53. The second kappa shape index (κ2) is 7.90. The molecule has 4 rings (SSSR count). The Balaban J connectivity index is 1.47. The van der Waals surface area contributed by atoms with Crippen LogP contribution in [0.1, 0.15) is 23.3 Å². The van der Waals surface area contributed by atoms with Crippen molar-refractivity contribution in [2.75, 3.05) is 20.2 Å². The quantitative estimate of drug-likeness (QED) is 0.725. The molecule has 28 heavy (non-hydrogen) atoms. The number of fused-ring (bicyclic) bond motifs is 1. The molecule has 7 nitrogen and oxygen atoms in total. The predicted molar refractivity (Wildman–Crippen MR) is 105 cm³/mol. The number of aliphatic hydroxyl groups is 1. The van der Waals surface area contributed by atoms with E-state index in [4.69, 9.17) is 9.47 Å². The molecule has 0 bridgehead atoms. The molecule has 2 N–H and O–H groups in total. The van der Waals surface area contributed by atoms with Crippen molar-refractivity contribution in [1.29, 1.82) is 0 Å². The third-order valence-corrected chi connectivity index (χ3v) is 5.10. The van der Waals surface area contributed by atoms with Gasteiger partial charge in [-0.1, -0.05) is 24.3 Å². The predicted octanol–water partition coefficient (Wildman–Crippen LogP) is 2.62. The Morgan fingerprint density at radius 2 is 1.93 bits per heavy atom. The summed E-state index contributed by atoms with van der Waals surface area (Å²) in [5.41, 5.74) is 1.25. The molecule has 146 valence electrons. The van der Waals surface area contributed by atoms with Crippen LogP contribution in [0.4, 0.5) is 0 Å². The van der Waals surface area contributed by atoms with Gasteiger partial charge in [-0.2, -0.15) is 5.10 Å². The van der Waals surface area contributed by atoms with Crippen LogP contribution in [0.2, 0.25) is 0 Å². The maximum Gasteiger partial charge on any atom is 0.274 e. The van der Waals surface area contributed by atoms with Crippen molar-refractivity contribution >= 4 is 16.8 Å². The number of hydrogen-bond acceptors (Lipinski definition) is 5. The number of aromatic amines is 1. The van der Waals surface area contributed by atoms with Crippen molar-refractivity contribution < 1.29 is 19.4 Å². The van der Waals surface area contributed by atoms with E-state index in [1.54, 1.807) is 18.1 Å². The average molecular weight is 381 g/mol. The molecular weight excluding hydrogens is 358 g/mol. The molecule has 0 aliphatic carbocycles. The molecule has 1 aliphatic rings. The molecule has 1 fully saturated rings. The van der Waals surface area contributed by atoms with Gasteiger partial charge in [0.2, 0.25) is 0 Å². The lowest BCUT2D eigenvalue weighted by molar-refractivity contribution is 0.0349. The van der Waals surface area contributed by atoms with Crippen molar-refractivity contribution in [2.45, 2.75) is 25.0 Å². The number of carbonyl (C=O) groups is 1. The molecule has 1 saturated heterocycles. The highest BCUT2D eigenvalue weighted by molar-refractivity contribution is 6.04. The number of hydrogen-bond donors (Lipinski definition) is 2. The lowest BCUT2D eigenvalue weighted by Crippen LogP contribution is -2.33. The Bertz CT molecular complexity index is 971. The van der Waals surface area contributed by atoms with Gasteiger partial charge in [0.15, 0.2) is 5.69 Å². The molecule has 0 radical (unpaired) electrons. The molecule has 2 aromatic carbocycles. The zero-order chi connectivity index (χ0) is 19.5. The highest BCUT2D eigenvalue weighted by Crippen LogP contribution is 2.25. The first-order valence-electron chi connectivity index (χ1n) is 9.37. The highest BCUT2D eigenvalue weighted by Gasteiger charge is 2.30. The van der Waals surface area contributed by atoms with Crippen LogP contribution in [0.15, 0.2) is 48.5 Å². The van der Waals surface area contributed by atoms with Crippen molar-refractivity contribution in [1.82, 2.24) is 15.1 Å². The third-order valence-electron chi connectivity index (χ3n) is 5.10. The Kier molecular flexibility index (Phi) is 5.16. The number of aliphatic hydroxyl groups excluding tert-OH is 1. The number of ether oxygens (including phenoxy) is 2. The SMILES string of the molecule is COc1cccc(O[C@H]2CCN(C(=O)c3n[nH]c4ccccc34)CC[C@@H]2O)c1. The van der Waals surface area contributed by atoms with Gasteiger partial charge in [0.05, 0.1) is 18.7 Å². The van der Waals surface area contributed by atoms with Crippen LogP contribution < -0.4 is 9.47 Å². The molecule has 0 unspecified atom stereocenters. The first kappa shape index (κ1) is 18.3. The summed E-state index contributed by atoms with van der Waals surface area (Å²) in [4.78, 5) is 14.7. The lowest BCUT2D eigenvalue weighted by Gasteiger charge is -2.22. The molecule has 0 spiro atoms. The number of aromatic nitrogens is 2. The summed E-state index contributed by atoms with van der Waals surface area (Å²) in [6.07, 6.45) is -0.0596. The topological polar surface area (TPSA) is 87.7 Å². The van der Waals surface area contributed by atoms with E-state index in [-0.39, 0.29) is 12.0 Å². The van der Waals surface area contributed by atoms with Gasteiger partial charge in [-0.3, -0.25) is 9.89 Å². The Morgan fingerprint density at radius 1 is 1.14 bits per heavy atom. The Hall–Kier alpha value is -3.06. The Labute approximate surface area is 162 Å². The van der Waals surface area contributed by atoms with Crippen LogP contribution in [0.25, 0.3) is 10.9 Å². The van der Waals surface area contributed by atoms with Crippen LogP contribution in [-0.2, 0) is 0 Å². The first-order chi connectivity index (χ1) is 13.7. The normalized spacial score (nSPS) is 20.0. The molecule has 0 saturated carbocycles. The maximum absolute atomic E-state index is 13.0. The minimum Gasteiger partial charge on any atom is -0.497 e. The second-order valence-electron chi connectivity index (χ2n) is 6.89. The number of methoxy groups -OCH3 is 1. The van der Waals surface area contributed by atoms with Crippen LogP contribution in [-0.4, -0.2) is 58.5 Å². The molecular formula is C21H23N3O4. The fourth-order valence-corrected chi connectivity index (χ4v) is 3.53. The van der Waals surface area contributed by atoms with Crippen LogP contribution in [0.3, 0.4) is 0 Å². The van der Waals surface area contributed by atoms with Gasteiger partial charge < -0.3 is 19.5 Å². The van der Waals surface area contributed by atoms with Gasteiger partial charge in [0, 0.05) is 31.0 Å². The van der Waals surface area contributed by atoms with Gasteiger partial charge in [0.1, 0.15) is 17.6 Å².